The number of aryl methyl sites for hydroxylation is 1. The summed E-state index contributed by atoms with van der Waals surface area (Å²) in [5.41, 5.74) is 3.22. The van der Waals surface area contributed by atoms with E-state index in [9.17, 15) is 4.79 Å². The molecule has 1 amide bonds. The smallest absolute Gasteiger partial charge is 0.229 e. The van der Waals surface area contributed by atoms with E-state index in [2.05, 4.69) is 41.7 Å². The van der Waals surface area contributed by atoms with E-state index in [0.717, 1.165) is 17.8 Å². The average molecular weight is 312 g/mol. The molecule has 122 valence electrons. The number of nitrogens with zero attached hydrogens (tertiary/aromatic N) is 2. The van der Waals surface area contributed by atoms with Crippen molar-refractivity contribution in [1.82, 2.24) is 15.1 Å². The minimum Gasteiger partial charge on any atom is -0.326 e. The van der Waals surface area contributed by atoms with Gasteiger partial charge in [-0.3, -0.25) is 9.48 Å². The maximum atomic E-state index is 12.7. The number of anilines is 1. The quantitative estimate of drug-likeness (QED) is 0.912. The van der Waals surface area contributed by atoms with E-state index in [0.29, 0.717) is 12.5 Å². The van der Waals surface area contributed by atoms with Crippen molar-refractivity contribution >= 4 is 11.6 Å². The molecule has 2 aromatic rings. The van der Waals surface area contributed by atoms with Gasteiger partial charge in [-0.15, -0.1) is 0 Å². The third-order valence-corrected chi connectivity index (χ3v) is 4.52. The second-order valence-electron chi connectivity index (χ2n) is 6.59. The van der Waals surface area contributed by atoms with Gasteiger partial charge >= 0.3 is 0 Å². The van der Waals surface area contributed by atoms with Crippen molar-refractivity contribution in [3.63, 3.8) is 0 Å². The van der Waals surface area contributed by atoms with Crippen LogP contribution in [0.1, 0.15) is 36.8 Å². The average Bonchev–Trinajstić information content (AvgIpc) is 3.15. The van der Waals surface area contributed by atoms with Gasteiger partial charge in [-0.2, -0.15) is 5.10 Å². The molecule has 1 saturated heterocycles. The number of hydrogen-bond donors (Lipinski definition) is 2. The zero-order valence-corrected chi connectivity index (χ0v) is 13.9. The minimum atomic E-state index is -0.0677. The van der Waals surface area contributed by atoms with Crippen LogP contribution in [0.5, 0.6) is 0 Å². The minimum absolute atomic E-state index is 0.0677. The molecule has 0 spiro atoms. The van der Waals surface area contributed by atoms with Gasteiger partial charge < -0.3 is 10.6 Å². The number of carbonyl (C=O) groups excluding carboxylic acids is 1. The van der Waals surface area contributed by atoms with Crippen LogP contribution in [0.25, 0.3) is 0 Å². The Bertz CT molecular complexity index is 692. The van der Waals surface area contributed by atoms with Crippen LogP contribution >= 0.6 is 0 Å². The molecule has 0 radical (unpaired) electrons. The van der Waals surface area contributed by atoms with Crippen molar-refractivity contribution in [3.05, 3.63) is 47.8 Å². The Morgan fingerprint density at radius 2 is 2.22 bits per heavy atom. The lowest BCUT2D eigenvalue weighted by atomic mass is 9.90. The molecule has 2 N–H and O–H groups in total. The molecule has 3 rings (SSSR count). The van der Waals surface area contributed by atoms with Gasteiger partial charge in [-0.05, 0) is 29.2 Å². The highest BCUT2D eigenvalue weighted by molar-refractivity contribution is 5.93. The van der Waals surface area contributed by atoms with E-state index in [1.165, 1.54) is 5.56 Å². The Hall–Kier alpha value is -2.14. The summed E-state index contributed by atoms with van der Waals surface area (Å²) in [4.78, 5) is 12.7. The Morgan fingerprint density at radius 1 is 1.39 bits per heavy atom. The van der Waals surface area contributed by atoms with Gasteiger partial charge in [0.2, 0.25) is 5.91 Å². The topological polar surface area (TPSA) is 59.0 Å². The zero-order valence-electron chi connectivity index (χ0n) is 13.9. The molecule has 5 heteroatoms. The molecule has 23 heavy (non-hydrogen) atoms. The van der Waals surface area contributed by atoms with Crippen molar-refractivity contribution < 1.29 is 4.79 Å². The van der Waals surface area contributed by atoms with E-state index in [1.54, 1.807) is 4.68 Å². The van der Waals surface area contributed by atoms with Crippen LogP contribution in [0.3, 0.4) is 0 Å². The van der Waals surface area contributed by atoms with Crippen LogP contribution in [-0.2, 0) is 11.8 Å². The van der Waals surface area contributed by atoms with Gasteiger partial charge in [0.1, 0.15) is 0 Å². The Labute approximate surface area is 137 Å². The largest absolute Gasteiger partial charge is 0.326 e. The molecule has 1 aliphatic heterocycles. The van der Waals surface area contributed by atoms with Crippen LogP contribution in [0.2, 0.25) is 0 Å². The van der Waals surface area contributed by atoms with Crippen molar-refractivity contribution in [3.8, 4) is 0 Å². The summed E-state index contributed by atoms with van der Waals surface area (Å²) in [6.07, 6.45) is 3.86. The molecule has 1 fully saturated rings. The predicted molar refractivity (Wildman–Crippen MR) is 91.5 cm³/mol. The summed E-state index contributed by atoms with van der Waals surface area (Å²) in [5.74, 6) is 0.631. The third kappa shape index (κ3) is 3.45. The summed E-state index contributed by atoms with van der Waals surface area (Å²) >= 11 is 0. The van der Waals surface area contributed by atoms with Crippen molar-refractivity contribution in [2.75, 3.05) is 18.4 Å². The van der Waals surface area contributed by atoms with Crippen LogP contribution in [-0.4, -0.2) is 28.8 Å². The maximum Gasteiger partial charge on any atom is 0.229 e. The summed E-state index contributed by atoms with van der Waals surface area (Å²) < 4.78 is 1.79. The second-order valence-corrected chi connectivity index (χ2v) is 6.59. The van der Waals surface area contributed by atoms with Gasteiger partial charge in [0.25, 0.3) is 0 Å². The Kier molecular flexibility index (Phi) is 4.48. The van der Waals surface area contributed by atoms with Crippen molar-refractivity contribution in [2.45, 2.75) is 25.7 Å². The first kappa shape index (κ1) is 15.7. The fraction of sp³-hybridized carbons (Fsp3) is 0.444. The third-order valence-electron chi connectivity index (χ3n) is 4.52. The number of benzene rings is 1. The van der Waals surface area contributed by atoms with Crippen LogP contribution in [0.4, 0.5) is 5.69 Å². The van der Waals surface area contributed by atoms with E-state index in [4.69, 9.17) is 0 Å². The fourth-order valence-electron chi connectivity index (χ4n) is 3.15. The first-order valence-corrected chi connectivity index (χ1v) is 8.14. The Balaban J connectivity index is 1.73. The zero-order chi connectivity index (χ0) is 16.4. The van der Waals surface area contributed by atoms with Crippen molar-refractivity contribution in [2.24, 2.45) is 13.0 Å². The van der Waals surface area contributed by atoms with Crippen molar-refractivity contribution in [1.29, 1.82) is 0 Å². The highest BCUT2D eigenvalue weighted by Crippen LogP contribution is 2.29. The summed E-state index contributed by atoms with van der Waals surface area (Å²) in [5, 5.41) is 10.6. The van der Waals surface area contributed by atoms with E-state index in [-0.39, 0.29) is 17.7 Å². The van der Waals surface area contributed by atoms with Crippen LogP contribution in [0.15, 0.2) is 36.7 Å². The lowest BCUT2D eigenvalue weighted by Gasteiger charge is -2.17. The Morgan fingerprint density at radius 3 is 2.91 bits per heavy atom. The number of hydrogen-bond acceptors (Lipinski definition) is 3. The maximum absolute atomic E-state index is 12.7. The lowest BCUT2D eigenvalue weighted by molar-refractivity contribution is -0.119. The first-order chi connectivity index (χ1) is 11.0. The van der Waals surface area contributed by atoms with Gasteiger partial charge in [0, 0.05) is 37.9 Å². The lowest BCUT2D eigenvalue weighted by Crippen LogP contribution is -2.28. The van der Waals surface area contributed by atoms with Crippen LogP contribution in [0, 0.1) is 5.92 Å². The molecule has 0 bridgehead atoms. The molecule has 0 aliphatic carbocycles. The molecule has 1 aliphatic rings. The number of nitrogens with one attached hydrogen (secondary N) is 2. The monoisotopic (exact) mass is 312 g/mol. The second kappa shape index (κ2) is 6.54. The molecule has 5 nitrogen and oxygen atoms in total. The van der Waals surface area contributed by atoms with E-state index in [1.807, 2.05) is 31.6 Å². The number of rotatable bonds is 4. The number of carbonyl (C=O) groups is 1. The number of amides is 1. The SMILES string of the molecule is CC(C)c1cccc(NC(=O)[C@H]2CNC[C@@H]2c2cnn(C)c2)c1. The standard InChI is InChI=1S/C18H24N4O/c1-12(2)13-5-4-6-15(7-13)21-18(23)17-10-19-9-16(17)14-8-20-22(3)11-14/h4-8,11-12,16-17,19H,9-10H2,1-3H3,(H,21,23)/t16-,17+/m1/s1. The fourth-order valence-corrected chi connectivity index (χ4v) is 3.15. The molecular formula is C18H24N4O. The van der Waals surface area contributed by atoms with Crippen LogP contribution < -0.4 is 10.6 Å². The molecular weight excluding hydrogens is 288 g/mol. The number of aromatic nitrogens is 2. The van der Waals surface area contributed by atoms with Gasteiger partial charge in [-0.25, -0.2) is 0 Å². The summed E-state index contributed by atoms with van der Waals surface area (Å²) in [7, 11) is 1.90. The summed E-state index contributed by atoms with van der Waals surface area (Å²) in [6.45, 7) is 5.82. The first-order valence-electron chi connectivity index (χ1n) is 8.14. The molecule has 0 unspecified atom stereocenters. The van der Waals surface area contributed by atoms with Gasteiger partial charge in [-0.1, -0.05) is 26.0 Å². The van der Waals surface area contributed by atoms with Gasteiger partial charge in [0.05, 0.1) is 12.1 Å². The molecule has 2 atom stereocenters. The highest BCUT2D eigenvalue weighted by Gasteiger charge is 2.34. The normalized spacial score (nSPS) is 20.9. The van der Waals surface area contributed by atoms with E-state index >= 15 is 0 Å². The van der Waals surface area contributed by atoms with Gasteiger partial charge in [0.15, 0.2) is 0 Å². The molecule has 1 aromatic carbocycles. The highest BCUT2D eigenvalue weighted by atomic mass is 16.1. The molecule has 0 saturated carbocycles. The molecule has 1 aromatic heterocycles. The molecule has 2 heterocycles. The predicted octanol–water partition coefficient (Wildman–Crippen LogP) is 2.49. The van der Waals surface area contributed by atoms with E-state index < -0.39 is 0 Å². The summed E-state index contributed by atoms with van der Waals surface area (Å²) in [6, 6.07) is 8.10.